The van der Waals surface area contributed by atoms with E-state index in [1.807, 2.05) is 0 Å². The van der Waals surface area contributed by atoms with Crippen LogP contribution in [0.4, 0.5) is 0 Å². The van der Waals surface area contributed by atoms with E-state index in [4.69, 9.17) is 9.84 Å². The van der Waals surface area contributed by atoms with Gasteiger partial charge in [-0.05, 0) is 31.6 Å². The lowest BCUT2D eigenvalue weighted by Crippen LogP contribution is -2.13. The first-order valence-electron chi connectivity index (χ1n) is 7.07. The Bertz CT molecular complexity index is 234. The molecule has 0 radical (unpaired) electrons. The molecule has 0 spiro atoms. The molecular formula is C15H28O3. The second-order valence-corrected chi connectivity index (χ2v) is 5.14. The molecule has 3 nitrogen and oxygen atoms in total. The molecular weight excluding hydrogens is 228 g/mol. The molecule has 0 saturated carbocycles. The zero-order valence-corrected chi connectivity index (χ0v) is 12.0. The van der Waals surface area contributed by atoms with Gasteiger partial charge in [0.15, 0.2) is 0 Å². The average Bonchev–Trinajstić information content (AvgIpc) is 2.29. The van der Waals surface area contributed by atoms with Crippen molar-refractivity contribution in [3.63, 3.8) is 0 Å². The first-order chi connectivity index (χ1) is 8.56. The van der Waals surface area contributed by atoms with E-state index in [9.17, 15) is 4.79 Å². The van der Waals surface area contributed by atoms with Crippen molar-refractivity contribution in [2.24, 2.45) is 5.92 Å². The minimum absolute atomic E-state index is 0.280. The number of hydrogen-bond acceptors (Lipinski definition) is 2. The van der Waals surface area contributed by atoms with E-state index in [2.05, 4.69) is 20.8 Å². The average molecular weight is 256 g/mol. The summed E-state index contributed by atoms with van der Waals surface area (Å²) in [7, 11) is 0. The highest BCUT2D eigenvalue weighted by molar-refractivity contribution is 5.79. The van der Waals surface area contributed by atoms with Gasteiger partial charge in [0, 0.05) is 12.7 Å². The molecule has 106 valence electrons. The second kappa shape index (κ2) is 11.3. The molecule has 0 saturated heterocycles. The van der Waals surface area contributed by atoms with Crippen molar-refractivity contribution in [1.29, 1.82) is 0 Å². The minimum Gasteiger partial charge on any atom is -0.478 e. The van der Waals surface area contributed by atoms with Crippen molar-refractivity contribution in [3.8, 4) is 0 Å². The van der Waals surface area contributed by atoms with Crippen molar-refractivity contribution in [2.45, 2.75) is 65.4 Å². The van der Waals surface area contributed by atoms with Crippen molar-refractivity contribution in [3.05, 3.63) is 12.2 Å². The number of allylic oxidation sites excluding steroid dienone is 1. The number of carbonyl (C=O) groups is 1. The van der Waals surface area contributed by atoms with Crippen LogP contribution in [-0.4, -0.2) is 23.8 Å². The molecule has 0 aliphatic heterocycles. The van der Waals surface area contributed by atoms with Crippen LogP contribution < -0.4 is 0 Å². The molecule has 3 heteroatoms. The van der Waals surface area contributed by atoms with E-state index < -0.39 is 5.97 Å². The quantitative estimate of drug-likeness (QED) is 0.568. The molecule has 1 unspecified atom stereocenters. The summed E-state index contributed by atoms with van der Waals surface area (Å²) in [5, 5.41) is 8.50. The Morgan fingerprint density at radius 3 is 2.56 bits per heavy atom. The third-order valence-electron chi connectivity index (χ3n) is 2.78. The Hall–Kier alpha value is -0.830. The Morgan fingerprint density at radius 2 is 2.00 bits per heavy atom. The molecule has 1 N–H and O–H groups in total. The monoisotopic (exact) mass is 256 g/mol. The zero-order chi connectivity index (χ0) is 13.8. The summed E-state index contributed by atoms with van der Waals surface area (Å²) < 4.78 is 5.80. The standard InChI is InChI=1S/C15H28O3/c1-4-12-18-14(10-7-8-13(2)3)9-5-6-11-15(16)17/h6,11,13-14H,4-5,7-10,12H2,1-3H3,(H,16,17). The van der Waals surface area contributed by atoms with E-state index in [1.54, 1.807) is 6.08 Å². The molecule has 0 aliphatic rings. The molecule has 1 atom stereocenters. The predicted molar refractivity (Wildman–Crippen MR) is 74.7 cm³/mol. The Labute approximate surface area is 111 Å². The number of carboxylic acids is 1. The lowest BCUT2D eigenvalue weighted by molar-refractivity contribution is -0.131. The summed E-state index contributed by atoms with van der Waals surface area (Å²) in [4.78, 5) is 10.3. The molecule has 0 aromatic carbocycles. The van der Waals surface area contributed by atoms with Crippen LogP contribution in [0.3, 0.4) is 0 Å². The van der Waals surface area contributed by atoms with Crippen molar-refractivity contribution >= 4 is 5.97 Å². The third-order valence-corrected chi connectivity index (χ3v) is 2.78. The van der Waals surface area contributed by atoms with Crippen molar-refractivity contribution < 1.29 is 14.6 Å². The van der Waals surface area contributed by atoms with E-state index in [0.29, 0.717) is 0 Å². The van der Waals surface area contributed by atoms with Crippen LogP contribution in [-0.2, 0) is 9.53 Å². The highest BCUT2D eigenvalue weighted by atomic mass is 16.5. The normalized spacial score (nSPS) is 13.3. The van der Waals surface area contributed by atoms with Gasteiger partial charge in [-0.15, -0.1) is 0 Å². The van der Waals surface area contributed by atoms with E-state index >= 15 is 0 Å². The summed E-state index contributed by atoms with van der Waals surface area (Å²) in [6, 6.07) is 0. The number of carboxylic acid groups (broad SMARTS) is 1. The lowest BCUT2D eigenvalue weighted by atomic mass is 10.0. The molecule has 0 fully saturated rings. The van der Waals surface area contributed by atoms with Crippen molar-refractivity contribution in [1.82, 2.24) is 0 Å². The van der Waals surface area contributed by atoms with Crippen molar-refractivity contribution in [2.75, 3.05) is 6.61 Å². The second-order valence-electron chi connectivity index (χ2n) is 5.14. The molecule has 0 aliphatic carbocycles. The fourth-order valence-corrected chi connectivity index (χ4v) is 1.82. The summed E-state index contributed by atoms with van der Waals surface area (Å²) in [5.74, 6) is -0.135. The SMILES string of the molecule is CCCOC(CCC=CC(=O)O)CCCC(C)C. The maximum atomic E-state index is 10.3. The smallest absolute Gasteiger partial charge is 0.327 e. The van der Waals surface area contributed by atoms with Gasteiger partial charge in [0.25, 0.3) is 0 Å². The Kier molecular flexibility index (Phi) is 10.8. The van der Waals surface area contributed by atoms with Gasteiger partial charge >= 0.3 is 5.97 Å². The summed E-state index contributed by atoms with van der Waals surface area (Å²) in [6.07, 6.45) is 9.45. The maximum absolute atomic E-state index is 10.3. The molecule has 0 amide bonds. The summed E-state index contributed by atoms with van der Waals surface area (Å²) >= 11 is 0. The summed E-state index contributed by atoms with van der Waals surface area (Å²) in [6.45, 7) is 7.37. The number of aliphatic carboxylic acids is 1. The first-order valence-corrected chi connectivity index (χ1v) is 7.07. The topological polar surface area (TPSA) is 46.5 Å². The van der Waals surface area contributed by atoms with Crippen LogP contribution in [0.2, 0.25) is 0 Å². The highest BCUT2D eigenvalue weighted by Gasteiger charge is 2.08. The fraction of sp³-hybridized carbons (Fsp3) is 0.800. The summed E-state index contributed by atoms with van der Waals surface area (Å²) in [5.41, 5.74) is 0. The van der Waals surface area contributed by atoms with Crippen LogP contribution >= 0.6 is 0 Å². The van der Waals surface area contributed by atoms with Crippen LogP contribution in [0.1, 0.15) is 59.3 Å². The van der Waals surface area contributed by atoms with E-state index in [1.165, 1.54) is 18.9 Å². The fourth-order valence-electron chi connectivity index (χ4n) is 1.82. The van der Waals surface area contributed by atoms with Gasteiger partial charge in [-0.1, -0.05) is 39.7 Å². The first kappa shape index (κ1) is 17.2. The number of ether oxygens (including phenoxy) is 1. The van der Waals surface area contributed by atoms with E-state index in [-0.39, 0.29) is 6.10 Å². The highest BCUT2D eigenvalue weighted by Crippen LogP contribution is 2.15. The molecule has 0 heterocycles. The Balaban J connectivity index is 3.86. The van der Waals surface area contributed by atoms with Crippen LogP contribution in [0.15, 0.2) is 12.2 Å². The van der Waals surface area contributed by atoms with Gasteiger partial charge in [-0.2, -0.15) is 0 Å². The van der Waals surface area contributed by atoms with Gasteiger partial charge in [0.05, 0.1) is 6.10 Å². The van der Waals surface area contributed by atoms with Gasteiger partial charge in [0.1, 0.15) is 0 Å². The van der Waals surface area contributed by atoms with E-state index in [0.717, 1.165) is 38.2 Å². The van der Waals surface area contributed by atoms with Crippen LogP contribution in [0.5, 0.6) is 0 Å². The molecule has 18 heavy (non-hydrogen) atoms. The Morgan fingerprint density at radius 1 is 1.28 bits per heavy atom. The maximum Gasteiger partial charge on any atom is 0.327 e. The van der Waals surface area contributed by atoms with Crippen LogP contribution in [0, 0.1) is 5.92 Å². The molecule has 0 bridgehead atoms. The third kappa shape index (κ3) is 11.6. The van der Waals surface area contributed by atoms with Gasteiger partial charge in [-0.3, -0.25) is 0 Å². The molecule has 0 aromatic rings. The van der Waals surface area contributed by atoms with Gasteiger partial charge in [0.2, 0.25) is 0 Å². The molecule has 0 aromatic heterocycles. The van der Waals surface area contributed by atoms with Gasteiger partial charge in [-0.25, -0.2) is 4.79 Å². The van der Waals surface area contributed by atoms with Gasteiger partial charge < -0.3 is 9.84 Å². The largest absolute Gasteiger partial charge is 0.478 e. The molecule has 0 rings (SSSR count). The minimum atomic E-state index is -0.874. The number of hydrogen-bond donors (Lipinski definition) is 1. The number of rotatable bonds is 11. The van der Waals surface area contributed by atoms with Crippen LogP contribution in [0.25, 0.3) is 0 Å². The lowest BCUT2D eigenvalue weighted by Gasteiger charge is -2.17. The zero-order valence-electron chi connectivity index (χ0n) is 12.0. The predicted octanol–water partition coefficient (Wildman–Crippen LogP) is 4.03.